The van der Waals surface area contributed by atoms with Gasteiger partial charge < -0.3 is 9.32 Å². The summed E-state index contributed by atoms with van der Waals surface area (Å²) >= 11 is 0. The summed E-state index contributed by atoms with van der Waals surface area (Å²) in [7, 11) is 0. The molecule has 2 nitrogen and oxygen atoms in total. The van der Waals surface area contributed by atoms with Crippen LogP contribution >= 0.6 is 0 Å². The van der Waals surface area contributed by atoms with Crippen LogP contribution in [0.15, 0.2) is 205 Å². The molecule has 0 fully saturated rings. The fraction of sp³-hybridized carbons (Fsp3) is 0.0189. The van der Waals surface area contributed by atoms with Crippen LogP contribution in [0.5, 0.6) is 0 Å². The Balaban J connectivity index is 1.16. The zero-order valence-electron chi connectivity index (χ0n) is 29.9. The van der Waals surface area contributed by atoms with Crippen LogP contribution in [0.3, 0.4) is 0 Å². The lowest BCUT2D eigenvalue weighted by molar-refractivity contribution is 0.674. The van der Waals surface area contributed by atoms with Gasteiger partial charge >= 0.3 is 0 Å². The van der Waals surface area contributed by atoms with Crippen molar-refractivity contribution in [2.24, 2.45) is 0 Å². The van der Waals surface area contributed by atoms with E-state index < -0.39 is 5.41 Å². The van der Waals surface area contributed by atoms with Crippen molar-refractivity contribution in [3.63, 3.8) is 0 Å². The zero-order valence-corrected chi connectivity index (χ0v) is 29.9. The molecule has 0 amide bonds. The molecule has 256 valence electrons. The SMILES string of the molecule is c1ccc(-c2cccc3c2oc2c4ccccc4c(N(c4ccccc4)c4ccc5c(c4)C4(c6ccccc6-c6ccccc64)c4ccccc4-5)cc32)cc1. The van der Waals surface area contributed by atoms with Gasteiger partial charge in [0.2, 0.25) is 0 Å². The van der Waals surface area contributed by atoms with Gasteiger partial charge in [-0.2, -0.15) is 0 Å². The molecule has 0 atom stereocenters. The fourth-order valence-corrected chi connectivity index (χ4v) is 9.86. The van der Waals surface area contributed by atoms with E-state index in [0.717, 1.165) is 60.9 Å². The van der Waals surface area contributed by atoms with Crippen LogP contribution in [0.4, 0.5) is 17.1 Å². The number of benzene rings is 9. The molecule has 0 bridgehead atoms. The molecule has 1 spiro atoms. The van der Waals surface area contributed by atoms with E-state index in [1.165, 1.54) is 44.5 Å². The first-order valence-corrected chi connectivity index (χ1v) is 19.0. The highest BCUT2D eigenvalue weighted by Gasteiger charge is 2.51. The molecule has 0 radical (unpaired) electrons. The average molecular weight is 700 g/mol. The van der Waals surface area contributed by atoms with Crippen LogP contribution in [0.25, 0.3) is 66.1 Å². The first-order chi connectivity index (χ1) is 27.3. The van der Waals surface area contributed by atoms with E-state index in [-0.39, 0.29) is 0 Å². The monoisotopic (exact) mass is 699 g/mol. The third kappa shape index (κ3) is 4.08. The van der Waals surface area contributed by atoms with Crippen molar-refractivity contribution in [2.75, 3.05) is 4.90 Å². The maximum Gasteiger partial charge on any atom is 0.143 e. The second-order valence-electron chi connectivity index (χ2n) is 14.8. The Bertz CT molecular complexity index is 3090. The van der Waals surface area contributed by atoms with Crippen LogP contribution < -0.4 is 4.90 Å². The van der Waals surface area contributed by atoms with E-state index in [0.29, 0.717) is 0 Å². The third-order valence-electron chi connectivity index (χ3n) is 12.1. The number of hydrogen-bond acceptors (Lipinski definition) is 2. The van der Waals surface area contributed by atoms with Gasteiger partial charge in [-0.15, -0.1) is 0 Å². The molecule has 0 N–H and O–H groups in total. The van der Waals surface area contributed by atoms with Gasteiger partial charge in [0.05, 0.1) is 11.1 Å². The molecule has 2 aliphatic carbocycles. The molecule has 0 saturated carbocycles. The number of anilines is 3. The summed E-state index contributed by atoms with van der Waals surface area (Å²) in [5, 5.41) is 4.44. The number of fused-ring (bicyclic) bond motifs is 15. The molecule has 0 saturated heterocycles. The van der Waals surface area contributed by atoms with Crippen LogP contribution in [-0.4, -0.2) is 0 Å². The van der Waals surface area contributed by atoms with Gasteiger partial charge in [-0.3, -0.25) is 0 Å². The number of para-hydroxylation sites is 2. The van der Waals surface area contributed by atoms with Gasteiger partial charge in [-0.05, 0) is 80.4 Å². The Morgan fingerprint density at radius 1 is 0.327 bits per heavy atom. The molecule has 1 heterocycles. The zero-order chi connectivity index (χ0) is 36.1. The molecule has 2 heteroatoms. The molecule has 0 unspecified atom stereocenters. The maximum absolute atomic E-state index is 6.91. The minimum Gasteiger partial charge on any atom is -0.455 e. The average Bonchev–Trinajstić information content (AvgIpc) is 3.89. The van der Waals surface area contributed by atoms with Crippen LogP contribution in [0, 0.1) is 0 Å². The summed E-state index contributed by atoms with van der Waals surface area (Å²) in [5.41, 5.74) is 17.5. The summed E-state index contributed by atoms with van der Waals surface area (Å²) in [5.74, 6) is 0. The summed E-state index contributed by atoms with van der Waals surface area (Å²) in [6.45, 7) is 0. The standard InChI is InChI=1S/C53H33NO/c1-3-16-34(17-4-1)37-25-15-26-44-45-33-50(42-23-7-8-24-43(42)52(45)55-51(37)44)54(35-18-5-2-6-19-35)36-30-31-41-40-22-11-14-29-48(40)53(49(41)32-36)46-27-12-9-20-38(46)39-21-10-13-28-47(39)53/h1-33H. The number of hydrogen-bond donors (Lipinski definition) is 0. The topological polar surface area (TPSA) is 16.4 Å². The molecular formula is C53H33NO. The van der Waals surface area contributed by atoms with E-state index in [9.17, 15) is 0 Å². The molecular weight excluding hydrogens is 667 g/mol. The van der Waals surface area contributed by atoms with Gasteiger partial charge in [0.25, 0.3) is 0 Å². The van der Waals surface area contributed by atoms with Crippen molar-refractivity contribution in [2.45, 2.75) is 5.41 Å². The van der Waals surface area contributed by atoms with Gasteiger partial charge in [-0.1, -0.05) is 170 Å². The van der Waals surface area contributed by atoms with Crippen molar-refractivity contribution in [1.29, 1.82) is 0 Å². The summed E-state index contributed by atoms with van der Waals surface area (Å²) in [4.78, 5) is 2.45. The molecule has 12 rings (SSSR count). The van der Waals surface area contributed by atoms with Crippen molar-refractivity contribution in [3.8, 4) is 33.4 Å². The van der Waals surface area contributed by atoms with Crippen molar-refractivity contribution < 1.29 is 4.42 Å². The molecule has 0 aliphatic heterocycles. The first-order valence-electron chi connectivity index (χ1n) is 19.0. The summed E-state index contributed by atoms with van der Waals surface area (Å²) in [6.07, 6.45) is 0. The van der Waals surface area contributed by atoms with E-state index in [4.69, 9.17) is 4.42 Å². The quantitative estimate of drug-likeness (QED) is 0.182. The second kappa shape index (κ2) is 11.4. The minimum absolute atomic E-state index is 0.432. The largest absolute Gasteiger partial charge is 0.455 e. The van der Waals surface area contributed by atoms with E-state index in [1.54, 1.807) is 0 Å². The highest BCUT2D eigenvalue weighted by molar-refractivity contribution is 6.21. The highest BCUT2D eigenvalue weighted by Crippen LogP contribution is 2.63. The van der Waals surface area contributed by atoms with Gasteiger partial charge in [0.1, 0.15) is 11.2 Å². The highest BCUT2D eigenvalue weighted by atomic mass is 16.3. The minimum atomic E-state index is -0.432. The smallest absolute Gasteiger partial charge is 0.143 e. The molecule has 1 aromatic heterocycles. The lowest BCUT2D eigenvalue weighted by atomic mass is 9.70. The Labute approximate surface area is 319 Å². The fourth-order valence-electron chi connectivity index (χ4n) is 9.86. The van der Waals surface area contributed by atoms with Crippen LogP contribution in [0.1, 0.15) is 22.3 Å². The van der Waals surface area contributed by atoms with Crippen molar-refractivity contribution in [3.05, 3.63) is 222 Å². The Morgan fingerprint density at radius 2 is 0.836 bits per heavy atom. The molecule has 9 aromatic carbocycles. The lowest BCUT2D eigenvalue weighted by Gasteiger charge is -2.32. The number of rotatable bonds is 4. The van der Waals surface area contributed by atoms with Gasteiger partial charge in [-0.25, -0.2) is 0 Å². The van der Waals surface area contributed by atoms with Gasteiger partial charge in [0.15, 0.2) is 0 Å². The predicted octanol–water partition coefficient (Wildman–Crippen LogP) is 14.2. The Hall–Kier alpha value is -7.16. The molecule has 10 aromatic rings. The number of nitrogens with zero attached hydrogens (tertiary/aromatic N) is 1. The first kappa shape index (κ1) is 30.3. The summed E-state index contributed by atoms with van der Waals surface area (Å²) < 4.78 is 6.91. The lowest BCUT2D eigenvalue weighted by Crippen LogP contribution is -2.26. The van der Waals surface area contributed by atoms with E-state index in [2.05, 4.69) is 205 Å². The molecule has 55 heavy (non-hydrogen) atoms. The summed E-state index contributed by atoms with van der Waals surface area (Å²) in [6, 6.07) is 73.1. The Morgan fingerprint density at radius 3 is 1.51 bits per heavy atom. The van der Waals surface area contributed by atoms with Crippen LogP contribution in [-0.2, 0) is 5.41 Å². The van der Waals surface area contributed by atoms with Crippen molar-refractivity contribution in [1.82, 2.24) is 0 Å². The third-order valence-corrected chi connectivity index (χ3v) is 12.1. The molecule has 2 aliphatic rings. The van der Waals surface area contributed by atoms with E-state index in [1.807, 2.05) is 0 Å². The van der Waals surface area contributed by atoms with Gasteiger partial charge in [0, 0.05) is 38.5 Å². The predicted molar refractivity (Wildman–Crippen MR) is 228 cm³/mol. The Kier molecular flexibility index (Phi) is 6.29. The normalized spacial score (nSPS) is 13.2. The number of furan rings is 1. The second-order valence-corrected chi connectivity index (χ2v) is 14.8. The maximum atomic E-state index is 6.91. The van der Waals surface area contributed by atoms with E-state index >= 15 is 0 Å². The van der Waals surface area contributed by atoms with Crippen molar-refractivity contribution >= 4 is 49.8 Å². The van der Waals surface area contributed by atoms with Crippen LogP contribution in [0.2, 0.25) is 0 Å².